The molecule has 0 unspecified atom stereocenters. The first kappa shape index (κ1) is 28.6. The van der Waals surface area contributed by atoms with Gasteiger partial charge in [0.05, 0.1) is 32.5 Å². The second-order valence-electron chi connectivity index (χ2n) is 9.02. The second kappa shape index (κ2) is 13.5. The maximum atomic E-state index is 13.0. The van der Waals surface area contributed by atoms with Crippen LogP contribution in [0, 0.1) is 3.57 Å². The summed E-state index contributed by atoms with van der Waals surface area (Å²) < 4.78 is 6.26. The van der Waals surface area contributed by atoms with Crippen LogP contribution >= 0.6 is 22.6 Å². The molecule has 0 saturated carbocycles. The van der Waals surface area contributed by atoms with Gasteiger partial charge in [-0.25, -0.2) is 0 Å². The summed E-state index contributed by atoms with van der Waals surface area (Å²) in [5, 5.41) is 14.6. The number of hydrogen-bond donors (Lipinski definition) is 3. The van der Waals surface area contributed by atoms with Gasteiger partial charge < -0.3 is 20.5 Å². The van der Waals surface area contributed by atoms with E-state index in [2.05, 4.69) is 39.3 Å². The summed E-state index contributed by atoms with van der Waals surface area (Å²) in [5.74, 6) is -1.96. The fourth-order valence-corrected chi connectivity index (χ4v) is 4.92. The average molecular weight is 621 g/mol. The van der Waals surface area contributed by atoms with Crippen molar-refractivity contribution in [2.24, 2.45) is 0 Å². The minimum atomic E-state index is -1.19. The second-order valence-corrected chi connectivity index (χ2v) is 10.3. The summed E-state index contributed by atoms with van der Waals surface area (Å²) >= 11 is 2.14. The zero-order valence-electron chi connectivity index (χ0n) is 21.0. The smallest absolute Gasteiger partial charge is 0.305 e. The van der Waals surface area contributed by atoms with Gasteiger partial charge in [0.15, 0.2) is 5.78 Å². The number of carbonyl (C=O) groups excluding carboxylic acids is 3. The average Bonchev–Trinajstić information content (AvgIpc) is 2.86. The predicted molar refractivity (Wildman–Crippen MR) is 146 cm³/mol. The van der Waals surface area contributed by atoms with E-state index in [0.717, 1.165) is 15.6 Å². The molecule has 0 fully saturated rings. The summed E-state index contributed by atoms with van der Waals surface area (Å²) in [6.07, 6.45) is 0.559. The molecular formula is C27H32IN3O6. The van der Waals surface area contributed by atoms with E-state index in [1.165, 1.54) is 12.7 Å². The third-order valence-corrected chi connectivity index (χ3v) is 7.00. The van der Waals surface area contributed by atoms with Crippen molar-refractivity contribution in [2.45, 2.75) is 51.2 Å². The molecule has 0 bridgehead atoms. The van der Waals surface area contributed by atoms with Crippen molar-refractivity contribution < 1.29 is 29.0 Å². The van der Waals surface area contributed by atoms with Gasteiger partial charge in [-0.15, -0.1) is 0 Å². The molecule has 9 nitrogen and oxygen atoms in total. The van der Waals surface area contributed by atoms with E-state index in [-0.39, 0.29) is 31.1 Å². The van der Waals surface area contributed by atoms with Gasteiger partial charge in [0, 0.05) is 22.2 Å². The normalized spacial score (nSPS) is 14.7. The van der Waals surface area contributed by atoms with Crippen molar-refractivity contribution in [3.8, 4) is 5.75 Å². The summed E-state index contributed by atoms with van der Waals surface area (Å²) in [6.45, 7) is 3.02. The Labute approximate surface area is 230 Å². The van der Waals surface area contributed by atoms with Crippen LogP contribution in [0.1, 0.15) is 36.5 Å². The van der Waals surface area contributed by atoms with E-state index >= 15 is 0 Å². The first-order valence-corrected chi connectivity index (χ1v) is 13.2. The molecule has 1 aliphatic heterocycles. The van der Waals surface area contributed by atoms with Crippen LogP contribution in [-0.2, 0) is 38.6 Å². The Morgan fingerprint density at radius 1 is 1.08 bits per heavy atom. The lowest BCUT2D eigenvalue weighted by Gasteiger charge is -2.29. The standard InChI is InChI=1S/C27H32IN3O6/c1-3-21(29-25(33)13-19-12-20(28)8-9-24(19)37-2)27(36)30-22(14-26(34)35)23(32)16-31-11-10-17-6-4-5-7-18(17)15-31/h4-9,12,21-22H,3,10-11,13-16H2,1-2H3,(H,29,33)(H,30,36)(H,34,35)/t21-,22-/m0/s1. The Morgan fingerprint density at radius 3 is 2.49 bits per heavy atom. The number of nitrogens with one attached hydrogen (secondary N) is 2. The maximum Gasteiger partial charge on any atom is 0.305 e. The molecule has 2 amide bonds. The number of rotatable bonds is 12. The van der Waals surface area contributed by atoms with Gasteiger partial charge in [-0.05, 0) is 64.8 Å². The molecule has 0 radical (unpaired) electrons. The van der Waals surface area contributed by atoms with Crippen LogP contribution < -0.4 is 15.4 Å². The Bertz CT molecular complexity index is 1150. The predicted octanol–water partition coefficient (Wildman–Crippen LogP) is 2.32. The van der Waals surface area contributed by atoms with Crippen LogP contribution in [0.15, 0.2) is 42.5 Å². The van der Waals surface area contributed by atoms with E-state index in [4.69, 9.17) is 4.74 Å². The zero-order valence-corrected chi connectivity index (χ0v) is 23.1. The molecule has 0 aromatic heterocycles. The fourth-order valence-electron chi connectivity index (χ4n) is 4.37. The van der Waals surface area contributed by atoms with E-state index in [1.807, 2.05) is 35.2 Å². The molecule has 198 valence electrons. The number of nitrogens with zero attached hydrogens (tertiary/aromatic N) is 1. The summed E-state index contributed by atoms with van der Waals surface area (Å²) in [4.78, 5) is 52.2. The van der Waals surface area contributed by atoms with Crippen LogP contribution in [0.2, 0.25) is 0 Å². The summed E-state index contributed by atoms with van der Waals surface area (Å²) in [5.41, 5.74) is 3.06. The molecule has 2 aromatic rings. The maximum absolute atomic E-state index is 13.0. The Hall–Kier alpha value is -2.99. The number of ketones is 1. The van der Waals surface area contributed by atoms with Gasteiger partial charge in [0.25, 0.3) is 0 Å². The summed E-state index contributed by atoms with van der Waals surface area (Å²) in [7, 11) is 1.52. The lowest BCUT2D eigenvalue weighted by molar-refractivity contribution is -0.141. The van der Waals surface area contributed by atoms with E-state index in [0.29, 0.717) is 24.4 Å². The van der Waals surface area contributed by atoms with Gasteiger partial charge in [0.2, 0.25) is 11.8 Å². The van der Waals surface area contributed by atoms with Crippen molar-refractivity contribution in [2.75, 3.05) is 20.2 Å². The number of ether oxygens (including phenoxy) is 1. The minimum Gasteiger partial charge on any atom is -0.496 e. The SMILES string of the molecule is CC[C@H](NC(=O)Cc1cc(I)ccc1OC)C(=O)N[C@@H](CC(=O)O)C(=O)CN1CCc2ccccc2C1. The molecule has 2 aromatic carbocycles. The zero-order chi connectivity index (χ0) is 26.9. The largest absolute Gasteiger partial charge is 0.496 e. The number of carboxylic acids is 1. The summed E-state index contributed by atoms with van der Waals surface area (Å²) in [6, 6.07) is 11.4. The fraction of sp³-hybridized carbons (Fsp3) is 0.407. The molecule has 2 atom stereocenters. The third-order valence-electron chi connectivity index (χ3n) is 6.33. The Balaban J connectivity index is 1.61. The number of Topliss-reactive ketones (excluding diaryl/α,β-unsaturated/α-hetero) is 1. The van der Waals surface area contributed by atoms with E-state index < -0.39 is 30.4 Å². The van der Waals surface area contributed by atoms with Crippen molar-refractivity contribution in [1.82, 2.24) is 15.5 Å². The first-order chi connectivity index (χ1) is 17.7. The molecule has 1 aliphatic rings. The van der Waals surface area contributed by atoms with Crippen molar-refractivity contribution in [1.29, 1.82) is 0 Å². The highest BCUT2D eigenvalue weighted by atomic mass is 127. The number of amides is 2. The lowest BCUT2D eigenvalue weighted by atomic mass is 9.99. The van der Waals surface area contributed by atoms with Crippen molar-refractivity contribution in [3.05, 3.63) is 62.7 Å². The molecule has 3 rings (SSSR count). The molecule has 0 spiro atoms. The Morgan fingerprint density at radius 2 is 1.81 bits per heavy atom. The molecular weight excluding hydrogens is 589 g/mol. The number of halogens is 1. The Kier molecular flexibility index (Phi) is 10.4. The minimum absolute atomic E-state index is 0.0116. The van der Waals surface area contributed by atoms with Crippen molar-refractivity contribution in [3.63, 3.8) is 0 Å². The number of benzene rings is 2. The molecule has 0 saturated heterocycles. The number of carboxylic acid groups (broad SMARTS) is 1. The monoisotopic (exact) mass is 621 g/mol. The van der Waals surface area contributed by atoms with Crippen LogP contribution in [0.25, 0.3) is 0 Å². The highest BCUT2D eigenvalue weighted by Crippen LogP contribution is 2.22. The third kappa shape index (κ3) is 8.26. The van der Waals surface area contributed by atoms with Gasteiger partial charge in [-0.3, -0.25) is 24.1 Å². The number of methoxy groups -OCH3 is 1. The van der Waals surface area contributed by atoms with Gasteiger partial charge >= 0.3 is 5.97 Å². The first-order valence-electron chi connectivity index (χ1n) is 12.2. The topological polar surface area (TPSA) is 125 Å². The van der Waals surface area contributed by atoms with Gasteiger partial charge in [-0.2, -0.15) is 0 Å². The number of carbonyl (C=O) groups is 4. The van der Waals surface area contributed by atoms with Crippen molar-refractivity contribution >= 4 is 46.2 Å². The highest BCUT2D eigenvalue weighted by molar-refractivity contribution is 14.1. The van der Waals surface area contributed by atoms with E-state index in [1.54, 1.807) is 13.0 Å². The molecule has 1 heterocycles. The van der Waals surface area contributed by atoms with E-state index in [9.17, 15) is 24.3 Å². The number of fused-ring (bicyclic) bond motifs is 1. The number of hydrogen-bond acceptors (Lipinski definition) is 6. The number of aliphatic carboxylic acids is 1. The molecule has 0 aliphatic carbocycles. The quantitative estimate of drug-likeness (QED) is 0.311. The van der Waals surface area contributed by atoms with Crippen LogP contribution in [0.4, 0.5) is 0 Å². The van der Waals surface area contributed by atoms with Crippen LogP contribution in [0.3, 0.4) is 0 Å². The molecule has 3 N–H and O–H groups in total. The molecule has 37 heavy (non-hydrogen) atoms. The van der Waals surface area contributed by atoms with Crippen LogP contribution in [0.5, 0.6) is 5.75 Å². The van der Waals surface area contributed by atoms with Gasteiger partial charge in [-0.1, -0.05) is 31.2 Å². The molecule has 10 heteroatoms. The van der Waals surface area contributed by atoms with Crippen LogP contribution in [-0.4, -0.2) is 65.9 Å². The van der Waals surface area contributed by atoms with Gasteiger partial charge in [0.1, 0.15) is 11.8 Å². The highest BCUT2D eigenvalue weighted by Gasteiger charge is 2.29. The lowest BCUT2D eigenvalue weighted by Crippen LogP contribution is -2.53.